The van der Waals surface area contributed by atoms with Gasteiger partial charge < -0.3 is 30.6 Å². The van der Waals surface area contributed by atoms with Gasteiger partial charge in [0.1, 0.15) is 11.9 Å². The number of pyridine rings is 1. The van der Waals surface area contributed by atoms with E-state index in [4.69, 9.17) is 10.2 Å². The summed E-state index contributed by atoms with van der Waals surface area (Å²) in [6.45, 7) is 2.61. The highest BCUT2D eigenvalue weighted by Crippen LogP contribution is 2.31. The zero-order valence-electron chi connectivity index (χ0n) is 17.9. The molecule has 33 heavy (non-hydrogen) atoms. The number of likely N-dealkylation sites (tertiary alicyclic amines) is 1. The molecule has 4 heterocycles. The zero-order valence-corrected chi connectivity index (χ0v) is 17.9. The van der Waals surface area contributed by atoms with Gasteiger partial charge in [-0.1, -0.05) is 0 Å². The summed E-state index contributed by atoms with van der Waals surface area (Å²) < 4.78 is 5.68. The van der Waals surface area contributed by atoms with Gasteiger partial charge in [0.15, 0.2) is 6.19 Å². The number of nitrogens with zero attached hydrogens (tertiary/aromatic N) is 7. The third-order valence-electron chi connectivity index (χ3n) is 5.70. The van der Waals surface area contributed by atoms with E-state index in [0.717, 1.165) is 25.9 Å². The maximum absolute atomic E-state index is 12.7. The van der Waals surface area contributed by atoms with Crippen molar-refractivity contribution >= 4 is 11.7 Å². The molecule has 4 rings (SSSR count). The van der Waals surface area contributed by atoms with Gasteiger partial charge in [0.2, 0.25) is 0 Å². The minimum atomic E-state index is -0.515. The molecule has 0 radical (unpaired) electrons. The SMILES string of the molecule is N#Cc1cnc(N2CCCC2)c(-c2nnc(C(=O)NC3C[C@@H](CN/C=C\N)N(C#N)C3)o2)c1. The van der Waals surface area contributed by atoms with Gasteiger partial charge in [0.25, 0.3) is 5.89 Å². The summed E-state index contributed by atoms with van der Waals surface area (Å²) >= 11 is 0. The number of hydrogen-bond acceptors (Lipinski definition) is 11. The summed E-state index contributed by atoms with van der Waals surface area (Å²) in [4.78, 5) is 20.9. The number of carbonyl (C=O) groups excluding carboxylic acids is 1. The molecule has 2 aromatic heterocycles. The van der Waals surface area contributed by atoms with Crippen LogP contribution in [0.5, 0.6) is 0 Å². The molecule has 2 aliphatic rings. The number of carbonyl (C=O) groups is 1. The first-order valence-corrected chi connectivity index (χ1v) is 10.7. The Morgan fingerprint density at radius 2 is 2.15 bits per heavy atom. The molecule has 2 aliphatic heterocycles. The van der Waals surface area contributed by atoms with Crippen molar-refractivity contribution in [3.05, 3.63) is 36.1 Å². The number of hydrogen-bond donors (Lipinski definition) is 3. The molecule has 0 aromatic carbocycles. The Balaban J connectivity index is 1.47. The minimum absolute atomic E-state index is 0.0717. The number of nitrogens with two attached hydrogens (primary N) is 1. The number of amides is 1. The molecular weight excluding hydrogens is 424 g/mol. The molecule has 0 spiro atoms. The first-order chi connectivity index (χ1) is 16.1. The van der Waals surface area contributed by atoms with Gasteiger partial charge in [-0.05, 0) is 25.3 Å². The lowest BCUT2D eigenvalue weighted by Crippen LogP contribution is -2.36. The van der Waals surface area contributed by atoms with E-state index in [1.54, 1.807) is 17.2 Å². The van der Waals surface area contributed by atoms with E-state index < -0.39 is 5.91 Å². The van der Waals surface area contributed by atoms with Crippen LogP contribution in [0.1, 0.15) is 35.5 Å². The average molecular weight is 448 g/mol. The first-order valence-electron chi connectivity index (χ1n) is 10.7. The molecule has 0 saturated carbocycles. The zero-order chi connectivity index (χ0) is 23.2. The fourth-order valence-corrected chi connectivity index (χ4v) is 4.14. The highest BCUT2D eigenvalue weighted by Gasteiger charge is 2.33. The van der Waals surface area contributed by atoms with Gasteiger partial charge >= 0.3 is 11.8 Å². The number of anilines is 1. The largest absolute Gasteiger partial charge is 0.412 e. The lowest BCUT2D eigenvalue weighted by molar-refractivity contribution is 0.0904. The lowest BCUT2D eigenvalue weighted by Gasteiger charge is -2.18. The van der Waals surface area contributed by atoms with Crippen molar-refractivity contribution in [2.75, 3.05) is 31.1 Å². The van der Waals surface area contributed by atoms with Crippen molar-refractivity contribution in [2.24, 2.45) is 5.73 Å². The van der Waals surface area contributed by atoms with Crippen molar-refractivity contribution in [3.8, 4) is 23.7 Å². The molecule has 12 nitrogen and oxygen atoms in total. The molecule has 1 amide bonds. The Morgan fingerprint density at radius 3 is 2.88 bits per heavy atom. The van der Waals surface area contributed by atoms with Crippen LogP contribution in [0.15, 0.2) is 29.1 Å². The van der Waals surface area contributed by atoms with Crippen molar-refractivity contribution in [1.82, 2.24) is 30.7 Å². The molecule has 0 aliphatic carbocycles. The van der Waals surface area contributed by atoms with Crippen molar-refractivity contribution in [3.63, 3.8) is 0 Å². The van der Waals surface area contributed by atoms with E-state index in [1.165, 1.54) is 12.4 Å². The molecule has 12 heteroatoms. The minimum Gasteiger partial charge on any atom is -0.412 e. The van der Waals surface area contributed by atoms with Crippen LogP contribution in [0.4, 0.5) is 5.82 Å². The summed E-state index contributed by atoms with van der Waals surface area (Å²) in [5.74, 6) is 0.0897. The monoisotopic (exact) mass is 448 g/mol. The fraction of sp³-hybridized carbons (Fsp3) is 0.429. The predicted molar refractivity (Wildman–Crippen MR) is 117 cm³/mol. The predicted octanol–water partition coefficient (Wildman–Crippen LogP) is 0.277. The van der Waals surface area contributed by atoms with Crippen LogP contribution >= 0.6 is 0 Å². The highest BCUT2D eigenvalue weighted by molar-refractivity contribution is 5.90. The van der Waals surface area contributed by atoms with Crippen LogP contribution in [0.2, 0.25) is 0 Å². The van der Waals surface area contributed by atoms with Crippen molar-refractivity contribution in [1.29, 1.82) is 10.5 Å². The second-order valence-corrected chi connectivity index (χ2v) is 7.89. The second-order valence-electron chi connectivity index (χ2n) is 7.89. The summed E-state index contributed by atoms with van der Waals surface area (Å²) in [6.07, 6.45) is 9.34. The average Bonchev–Trinajstić information content (AvgIpc) is 3.59. The van der Waals surface area contributed by atoms with E-state index in [1.807, 2.05) is 0 Å². The fourth-order valence-electron chi connectivity index (χ4n) is 4.14. The van der Waals surface area contributed by atoms with Crippen LogP contribution < -0.4 is 21.3 Å². The van der Waals surface area contributed by atoms with Gasteiger partial charge in [-0.3, -0.25) is 4.79 Å². The van der Waals surface area contributed by atoms with Crippen LogP contribution in [0, 0.1) is 22.8 Å². The molecule has 170 valence electrons. The van der Waals surface area contributed by atoms with Crippen molar-refractivity contribution < 1.29 is 9.21 Å². The molecule has 0 bridgehead atoms. The van der Waals surface area contributed by atoms with Crippen LogP contribution in [0.25, 0.3) is 11.5 Å². The topological polar surface area (TPSA) is 173 Å². The first kappa shape index (κ1) is 21.9. The highest BCUT2D eigenvalue weighted by atomic mass is 16.4. The normalized spacial score (nSPS) is 20.1. The number of nitriles is 2. The Bertz CT molecular complexity index is 1110. The van der Waals surface area contributed by atoms with Gasteiger partial charge in [0.05, 0.1) is 17.2 Å². The third kappa shape index (κ3) is 4.80. The van der Waals surface area contributed by atoms with Crippen LogP contribution in [-0.4, -0.2) is 64.3 Å². The van der Waals surface area contributed by atoms with Crippen LogP contribution in [-0.2, 0) is 0 Å². The Morgan fingerprint density at radius 1 is 1.33 bits per heavy atom. The molecular formula is C21H24N10O2. The quantitative estimate of drug-likeness (QED) is 0.496. The van der Waals surface area contributed by atoms with E-state index in [0.29, 0.717) is 36.5 Å². The Hall–Kier alpha value is -4.32. The molecule has 1 unspecified atom stereocenters. The molecule has 2 fully saturated rings. The van der Waals surface area contributed by atoms with E-state index in [9.17, 15) is 15.3 Å². The maximum Gasteiger partial charge on any atom is 0.309 e. The van der Waals surface area contributed by atoms with E-state index >= 15 is 0 Å². The lowest BCUT2D eigenvalue weighted by atomic mass is 10.1. The third-order valence-corrected chi connectivity index (χ3v) is 5.70. The molecule has 2 aromatic rings. The summed E-state index contributed by atoms with van der Waals surface area (Å²) in [5, 5.41) is 32.5. The number of aromatic nitrogens is 3. The summed E-state index contributed by atoms with van der Waals surface area (Å²) in [6, 6.07) is 3.39. The maximum atomic E-state index is 12.7. The van der Waals surface area contributed by atoms with Crippen molar-refractivity contribution in [2.45, 2.75) is 31.3 Å². The number of nitrogens with one attached hydrogen (secondary N) is 2. The molecule has 2 saturated heterocycles. The second kappa shape index (κ2) is 9.87. The van der Waals surface area contributed by atoms with Crippen LogP contribution in [0.3, 0.4) is 0 Å². The van der Waals surface area contributed by atoms with Gasteiger partial charge in [-0.25, -0.2) is 4.98 Å². The smallest absolute Gasteiger partial charge is 0.309 e. The van der Waals surface area contributed by atoms with Gasteiger partial charge in [0, 0.05) is 50.8 Å². The summed E-state index contributed by atoms with van der Waals surface area (Å²) in [7, 11) is 0. The number of rotatable bonds is 7. The van der Waals surface area contributed by atoms with Gasteiger partial charge in [-0.15, -0.1) is 10.2 Å². The van der Waals surface area contributed by atoms with E-state index in [2.05, 4.69) is 43.0 Å². The Labute approximate surface area is 190 Å². The van der Waals surface area contributed by atoms with E-state index in [-0.39, 0.29) is 23.9 Å². The van der Waals surface area contributed by atoms with Gasteiger partial charge in [-0.2, -0.15) is 10.5 Å². The molecule has 4 N–H and O–H groups in total. The standard InChI is InChI=1S/C21H24N10O2/c22-3-4-25-11-16-8-15(12-31(16)13-24)27-19(32)21-29-28-20(33-21)17-7-14(9-23)10-26-18(17)30-5-1-2-6-30/h3-4,7,10,15-16,25H,1-2,5-6,8,11-12,22H2,(H,27,32)/b4-3-/t15?,16-/m0/s1. The Kier molecular flexibility index (Phi) is 6.55. The molecule has 2 atom stereocenters. The summed E-state index contributed by atoms with van der Waals surface area (Å²) in [5.41, 5.74) is 6.21.